The third kappa shape index (κ3) is 2.72. The summed E-state index contributed by atoms with van der Waals surface area (Å²) in [5.74, 6) is 3.11. The first kappa shape index (κ1) is 13.2. The van der Waals surface area contributed by atoms with Gasteiger partial charge in [0.25, 0.3) is 0 Å². The fourth-order valence-corrected chi connectivity index (χ4v) is 3.92. The van der Waals surface area contributed by atoms with E-state index < -0.39 is 0 Å². The summed E-state index contributed by atoms with van der Waals surface area (Å²) in [7, 11) is 0. The first-order chi connectivity index (χ1) is 9.28. The molecule has 2 N–H and O–H groups in total. The molecule has 0 aromatic heterocycles. The lowest BCUT2D eigenvalue weighted by molar-refractivity contribution is 0.253. The second kappa shape index (κ2) is 5.66. The van der Waals surface area contributed by atoms with Crippen LogP contribution in [0.3, 0.4) is 0 Å². The van der Waals surface area contributed by atoms with Crippen LogP contribution < -0.4 is 5.73 Å². The van der Waals surface area contributed by atoms with E-state index >= 15 is 0 Å². The van der Waals surface area contributed by atoms with Crippen molar-refractivity contribution in [2.24, 2.45) is 17.6 Å². The molecule has 3 rings (SSSR count). The van der Waals surface area contributed by atoms with Crippen LogP contribution in [0.2, 0.25) is 0 Å². The minimum atomic E-state index is 0.702. The molecular weight excluding hydrogens is 230 g/mol. The quantitative estimate of drug-likeness (QED) is 0.851. The molecule has 2 fully saturated rings. The highest BCUT2D eigenvalue weighted by molar-refractivity contribution is 5.30. The minimum absolute atomic E-state index is 0.702. The van der Waals surface area contributed by atoms with Gasteiger partial charge in [-0.05, 0) is 67.0 Å². The first-order valence-corrected chi connectivity index (χ1v) is 8.08. The molecule has 0 spiro atoms. The van der Waals surface area contributed by atoms with Crippen molar-refractivity contribution in [3.8, 4) is 0 Å². The number of hydrogen-bond donors (Lipinski definition) is 1. The lowest BCUT2D eigenvalue weighted by Gasteiger charge is -2.35. The molecule has 1 aromatic rings. The van der Waals surface area contributed by atoms with Crippen molar-refractivity contribution >= 4 is 0 Å². The van der Waals surface area contributed by atoms with Crippen LogP contribution in [0.1, 0.15) is 68.4 Å². The largest absolute Gasteiger partial charge is 0.330 e. The second-order valence-electron chi connectivity index (χ2n) is 6.82. The van der Waals surface area contributed by atoms with E-state index in [1.165, 1.54) is 38.5 Å². The molecule has 0 heterocycles. The maximum atomic E-state index is 6.01. The number of nitrogens with two attached hydrogens (primary N) is 1. The van der Waals surface area contributed by atoms with E-state index in [1.807, 2.05) is 0 Å². The fourth-order valence-electron chi connectivity index (χ4n) is 3.92. The average Bonchev–Trinajstić information content (AvgIpc) is 2.37. The van der Waals surface area contributed by atoms with Gasteiger partial charge in [-0.25, -0.2) is 0 Å². The van der Waals surface area contributed by atoms with Crippen LogP contribution in [-0.4, -0.2) is 6.54 Å². The SMILES string of the molecule is CC1CCC(CN)C(c2cccc(C3CCC3)c2)C1. The number of hydrogen-bond acceptors (Lipinski definition) is 1. The van der Waals surface area contributed by atoms with Gasteiger partial charge in [0.1, 0.15) is 0 Å². The zero-order valence-electron chi connectivity index (χ0n) is 12.1. The van der Waals surface area contributed by atoms with Crippen LogP contribution in [0.4, 0.5) is 0 Å². The van der Waals surface area contributed by atoms with Gasteiger partial charge < -0.3 is 5.73 Å². The number of benzene rings is 1. The zero-order valence-corrected chi connectivity index (χ0v) is 12.1. The molecule has 1 aromatic carbocycles. The van der Waals surface area contributed by atoms with Crippen molar-refractivity contribution in [2.75, 3.05) is 6.54 Å². The van der Waals surface area contributed by atoms with Crippen molar-refractivity contribution in [1.29, 1.82) is 0 Å². The van der Waals surface area contributed by atoms with E-state index in [0.717, 1.165) is 18.4 Å². The van der Waals surface area contributed by atoms with E-state index in [-0.39, 0.29) is 0 Å². The Balaban J connectivity index is 1.82. The molecule has 0 amide bonds. The van der Waals surface area contributed by atoms with Gasteiger partial charge >= 0.3 is 0 Å². The Labute approximate surface area is 117 Å². The summed E-state index contributed by atoms with van der Waals surface area (Å²) in [6.45, 7) is 3.25. The Morgan fingerprint density at radius 2 is 1.89 bits per heavy atom. The van der Waals surface area contributed by atoms with Crippen molar-refractivity contribution < 1.29 is 0 Å². The summed E-state index contributed by atoms with van der Waals surface area (Å²) in [5.41, 5.74) is 9.15. The Bertz CT molecular complexity index is 421. The normalized spacial score (nSPS) is 32.0. The van der Waals surface area contributed by atoms with Crippen LogP contribution in [0.15, 0.2) is 24.3 Å². The van der Waals surface area contributed by atoms with Gasteiger partial charge in [-0.3, -0.25) is 0 Å². The third-order valence-electron chi connectivity index (χ3n) is 5.47. The highest BCUT2D eigenvalue weighted by Gasteiger charge is 2.29. The first-order valence-electron chi connectivity index (χ1n) is 8.08. The highest BCUT2D eigenvalue weighted by atomic mass is 14.6. The Morgan fingerprint density at radius 1 is 1.11 bits per heavy atom. The summed E-state index contributed by atoms with van der Waals surface area (Å²) in [6, 6.07) is 9.44. The van der Waals surface area contributed by atoms with Gasteiger partial charge in [-0.1, -0.05) is 44.0 Å². The average molecular weight is 257 g/mol. The number of rotatable bonds is 3. The van der Waals surface area contributed by atoms with Crippen molar-refractivity contribution in [1.82, 2.24) is 0 Å². The third-order valence-corrected chi connectivity index (χ3v) is 5.47. The van der Waals surface area contributed by atoms with Gasteiger partial charge in [0.15, 0.2) is 0 Å². The highest BCUT2D eigenvalue weighted by Crippen LogP contribution is 2.42. The maximum absolute atomic E-state index is 6.01. The molecule has 19 heavy (non-hydrogen) atoms. The molecule has 104 valence electrons. The molecular formula is C18H27N. The zero-order chi connectivity index (χ0) is 13.2. The molecule has 1 nitrogen and oxygen atoms in total. The predicted octanol–water partition coefficient (Wildman–Crippen LogP) is 4.43. The molecule has 0 aliphatic heterocycles. The van der Waals surface area contributed by atoms with Gasteiger partial charge in [-0.15, -0.1) is 0 Å². The van der Waals surface area contributed by atoms with Gasteiger partial charge in [-0.2, -0.15) is 0 Å². The molecule has 0 bridgehead atoms. The molecule has 0 radical (unpaired) electrons. The van der Waals surface area contributed by atoms with E-state index in [1.54, 1.807) is 11.1 Å². The van der Waals surface area contributed by atoms with Crippen LogP contribution in [0.5, 0.6) is 0 Å². The van der Waals surface area contributed by atoms with Crippen molar-refractivity contribution in [2.45, 2.75) is 57.3 Å². The predicted molar refractivity (Wildman–Crippen MR) is 81.3 cm³/mol. The van der Waals surface area contributed by atoms with E-state index in [4.69, 9.17) is 5.73 Å². The summed E-state index contributed by atoms with van der Waals surface area (Å²) < 4.78 is 0. The van der Waals surface area contributed by atoms with Gasteiger partial charge in [0.05, 0.1) is 0 Å². The van der Waals surface area contributed by atoms with Gasteiger partial charge in [0, 0.05) is 0 Å². The molecule has 3 unspecified atom stereocenters. The Morgan fingerprint density at radius 3 is 2.58 bits per heavy atom. The minimum Gasteiger partial charge on any atom is -0.330 e. The summed E-state index contributed by atoms with van der Waals surface area (Å²) in [4.78, 5) is 0. The molecule has 0 saturated heterocycles. The maximum Gasteiger partial charge on any atom is -0.00430 e. The Kier molecular flexibility index (Phi) is 3.93. The van der Waals surface area contributed by atoms with Crippen LogP contribution >= 0.6 is 0 Å². The van der Waals surface area contributed by atoms with Crippen LogP contribution in [0.25, 0.3) is 0 Å². The van der Waals surface area contributed by atoms with E-state index in [2.05, 4.69) is 31.2 Å². The monoisotopic (exact) mass is 257 g/mol. The standard InChI is InChI=1S/C18H27N/c1-13-8-9-17(12-19)18(10-13)16-7-3-6-15(11-16)14-4-2-5-14/h3,6-7,11,13-14,17-18H,2,4-5,8-10,12,19H2,1H3. The second-order valence-corrected chi connectivity index (χ2v) is 6.82. The van der Waals surface area contributed by atoms with Gasteiger partial charge in [0.2, 0.25) is 0 Å². The molecule has 1 heteroatoms. The summed E-state index contributed by atoms with van der Waals surface area (Å²) in [5, 5.41) is 0. The van der Waals surface area contributed by atoms with Crippen molar-refractivity contribution in [3.63, 3.8) is 0 Å². The molecule has 2 aliphatic carbocycles. The summed E-state index contributed by atoms with van der Waals surface area (Å²) in [6.07, 6.45) is 8.21. The van der Waals surface area contributed by atoms with Crippen molar-refractivity contribution in [3.05, 3.63) is 35.4 Å². The van der Waals surface area contributed by atoms with E-state index in [0.29, 0.717) is 11.8 Å². The molecule has 2 aliphatic rings. The van der Waals surface area contributed by atoms with Crippen LogP contribution in [0, 0.1) is 11.8 Å². The smallest absolute Gasteiger partial charge is 0.00430 e. The Hall–Kier alpha value is -0.820. The van der Waals surface area contributed by atoms with Crippen LogP contribution in [-0.2, 0) is 0 Å². The lowest BCUT2D eigenvalue weighted by atomic mass is 9.70. The van der Waals surface area contributed by atoms with E-state index in [9.17, 15) is 0 Å². The fraction of sp³-hybridized carbons (Fsp3) is 0.667. The molecule has 3 atom stereocenters. The lowest BCUT2D eigenvalue weighted by Crippen LogP contribution is -2.28. The topological polar surface area (TPSA) is 26.0 Å². The molecule has 2 saturated carbocycles. The summed E-state index contributed by atoms with van der Waals surface area (Å²) >= 11 is 0.